The van der Waals surface area contributed by atoms with Crippen LogP contribution in [0.25, 0.3) is 0 Å². The van der Waals surface area contributed by atoms with Crippen molar-refractivity contribution in [1.29, 1.82) is 0 Å². The standard InChI is InChI=1S/C16H18Cl2O5/c1-4-10(3)13(15(19)21-5-2)23-16(20)14(18)22-12-8-6-11(17)7-9-12/h4,6-9,13-14H,5H2,1-3H3. The van der Waals surface area contributed by atoms with E-state index in [1.54, 1.807) is 51.1 Å². The number of alkyl halides is 1. The lowest BCUT2D eigenvalue weighted by Crippen LogP contribution is -2.35. The number of benzene rings is 1. The molecule has 0 aromatic heterocycles. The molecule has 126 valence electrons. The van der Waals surface area contributed by atoms with Crippen molar-refractivity contribution < 1.29 is 23.8 Å². The highest BCUT2D eigenvalue weighted by Gasteiger charge is 2.29. The Bertz CT molecular complexity index is 568. The third-order valence-electron chi connectivity index (χ3n) is 2.84. The van der Waals surface area contributed by atoms with Gasteiger partial charge in [-0.15, -0.1) is 0 Å². The van der Waals surface area contributed by atoms with Crippen molar-refractivity contribution in [2.75, 3.05) is 6.61 Å². The zero-order valence-electron chi connectivity index (χ0n) is 13.0. The molecular formula is C16H18Cl2O5. The van der Waals surface area contributed by atoms with E-state index in [0.29, 0.717) is 16.3 Å². The summed E-state index contributed by atoms with van der Waals surface area (Å²) in [7, 11) is 0. The van der Waals surface area contributed by atoms with E-state index < -0.39 is 23.6 Å². The molecule has 0 saturated heterocycles. The van der Waals surface area contributed by atoms with Gasteiger partial charge in [0.1, 0.15) is 5.75 Å². The Morgan fingerprint density at radius 1 is 1.22 bits per heavy atom. The lowest BCUT2D eigenvalue weighted by atomic mass is 10.1. The van der Waals surface area contributed by atoms with E-state index >= 15 is 0 Å². The molecule has 0 fully saturated rings. The minimum absolute atomic E-state index is 0.176. The number of hydrogen-bond donors (Lipinski definition) is 0. The van der Waals surface area contributed by atoms with Crippen LogP contribution in [0, 0.1) is 0 Å². The van der Waals surface area contributed by atoms with E-state index in [0.717, 1.165) is 0 Å². The van der Waals surface area contributed by atoms with Crippen molar-refractivity contribution in [3.8, 4) is 5.75 Å². The van der Waals surface area contributed by atoms with Gasteiger partial charge < -0.3 is 14.2 Å². The summed E-state index contributed by atoms with van der Waals surface area (Å²) >= 11 is 11.6. The molecule has 2 unspecified atom stereocenters. The van der Waals surface area contributed by atoms with Crippen molar-refractivity contribution >= 4 is 35.1 Å². The average Bonchev–Trinajstić information content (AvgIpc) is 2.53. The molecule has 5 nitrogen and oxygen atoms in total. The molecular weight excluding hydrogens is 343 g/mol. The maximum Gasteiger partial charge on any atom is 0.364 e. The van der Waals surface area contributed by atoms with Crippen LogP contribution >= 0.6 is 23.2 Å². The molecule has 0 radical (unpaired) electrons. The molecule has 0 N–H and O–H groups in total. The molecule has 0 aliphatic carbocycles. The number of carbonyl (C=O) groups is 2. The number of hydrogen-bond acceptors (Lipinski definition) is 5. The first-order valence-electron chi connectivity index (χ1n) is 6.95. The fraction of sp³-hybridized carbons (Fsp3) is 0.375. The van der Waals surface area contributed by atoms with Gasteiger partial charge in [0.25, 0.3) is 5.56 Å². The van der Waals surface area contributed by atoms with E-state index in [9.17, 15) is 9.59 Å². The van der Waals surface area contributed by atoms with Gasteiger partial charge in [0, 0.05) is 5.02 Å². The summed E-state index contributed by atoms with van der Waals surface area (Å²) in [5.41, 5.74) is -0.870. The maximum absolute atomic E-state index is 12.0. The first kappa shape index (κ1) is 19.3. The monoisotopic (exact) mass is 360 g/mol. The highest BCUT2D eigenvalue weighted by atomic mass is 35.5. The van der Waals surface area contributed by atoms with E-state index in [-0.39, 0.29) is 6.61 Å². The van der Waals surface area contributed by atoms with Crippen LogP contribution in [0.2, 0.25) is 5.02 Å². The summed E-state index contributed by atoms with van der Waals surface area (Å²) in [6.45, 7) is 5.21. The molecule has 1 aromatic carbocycles. The fourth-order valence-electron chi connectivity index (χ4n) is 1.55. The van der Waals surface area contributed by atoms with Crippen molar-refractivity contribution in [2.45, 2.75) is 32.4 Å². The quantitative estimate of drug-likeness (QED) is 0.421. The molecule has 0 amide bonds. The van der Waals surface area contributed by atoms with Crippen LogP contribution < -0.4 is 4.74 Å². The average molecular weight is 361 g/mol. The number of halogens is 2. The summed E-state index contributed by atoms with van der Waals surface area (Å²) in [6.07, 6.45) is 0.501. The minimum atomic E-state index is -1.40. The van der Waals surface area contributed by atoms with Crippen LogP contribution in [0.5, 0.6) is 5.75 Å². The number of rotatable bonds is 7. The summed E-state index contributed by atoms with van der Waals surface area (Å²) in [6, 6.07) is 6.31. The Morgan fingerprint density at radius 3 is 2.35 bits per heavy atom. The Kier molecular flexibility index (Phi) is 7.92. The van der Waals surface area contributed by atoms with Gasteiger partial charge in [-0.3, -0.25) is 0 Å². The predicted molar refractivity (Wildman–Crippen MR) is 87.7 cm³/mol. The smallest absolute Gasteiger partial charge is 0.364 e. The summed E-state index contributed by atoms with van der Waals surface area (Å²) < 4.78 is 15.2. The predicted octanol–water partition coefficient (Wildman–Crippen LogP) is 3.72. The van der Waals surface area contributed by atoms with E-state index in [1.807, 2.05) is 0 Å². The molecule has 2 atom stereocenters. The molecule has 0 aliphatic heterocycles. The Hall–Kier alpha value is -1.72. The van der Waals surface area contributed by atoms with E-state index in [2.05, 4.69) is 0 Å². The number of carbonyl (C=O) groups excluding carboxylic acids is 2. The molecule has 0 saturated carbocycles. The van der Waals surface area contributed by atoms with Crippen molar-refractivity contribution in [3.05, 3.63) is 40.9 Å². The summed E-state index contributed by atoms with van der Waals surface area (Å²) in [4.78, 5) is 23.9. The first-order chi connectivity index (χ1) is 10.9. The van der Waals surface area contributed by atoms with Crippen LogP contribution in [-0.4, -0.2) is 30.2 Å². The molecule has 0 spiro atoms. The van der Waals surface area contributed by atoms with Crippen molar-refractivity contribution in [3.63, 3.8) is 0 Å². The summed E-state index contributed by atoms with van der Waals surface area (Å²) in [5, 5.41) is 0.525. The van der Waals surface area contributed by atoms with Gasteiger partial charge in [-0.2, -0.15) is 0 Å². The molecule has 0 bridgehead atoms. The Morgan fingerprint density at radius 2 is 1.83 bits per heavy atom. The van der Waals surface area contributed by atoms with Gasteiger partial charge in [0.15, 0.2) is 0 Å². The SMILES string of the molecule is CC=C(C)C(OC(=O)C(Cl)Oc1ccc(Cl)cc1)C(=O)OCC. The normalized spacial score (nSPS) is 13.9. The van der Waals surface area contributed by atoms with Gasteiger partial charge in [-0.1, -0.05) is 29.3 Å². The highest BCUT2D eigenvalue weighted by molar-refractivity contribution is 6.30. The van der Waals surface area contributed by atoms with Crippen LogP contribution in [0.4, 0.5) is 0 Å². The summed E-state index contributed by atoms with van der Waals surface area (Å²) in [5.74, 6) is -1.20. The van der Waals surface area contributed by atoms with Gasteiger partial charge >= 0.3 is 11.9 Å². The van der Waals surface area contributed by atoms with Crippen LogP contribution in [0.1, 0.15) is 20.8 Å². The third-order valence-corrected chi connectivity index (χ3v) is 3.36. The maximum atomic E-state index is 12.0. The molecule has 23 heavy (non-hydrogen) atoms. The van der Waals surface area contributed by atoms with Gasteiger partial charge in [0.2, 0.25) is 6.10 Å². The molecule has 1 rings (SSSR count). The zero-order chi connectivity index (χ0) is 17.4. The highest BCUT2D eigenvalue weighted by Crippen LogP contribution is 2.19. The lowest BCUT2D eigenvalue weighted by Gasteiger charge is -2.19. The van der Waals surface area contributed by atoms with Crippen LogP contribution in [-0.2, 0) is 19.1 Å². The van der Waals surface area contributed by atoms with Gasteiger partial charge in [-0.25, -0.2) is 9.59 Å². The van der Waals surface area contributed by atoms with Crippen LogP contribution in [0.3, 0.4) is 0 Å². The van der Waals surface area contributed by atoms with Crippen LogP contribution in [0.15, 0.2) is 35.9 Å². The largest absolute Gasteiger partial charge is 0.463 e. The van der Waals surface area contributed by atoms with E-state index in [1.165, 1.54) is 0 Å². The topological polar surface area (TPSA) is 61.8 Å². The van der Waals surface area contributed by atoms with Gasteiger partial charge in [0.05, 0.1) is 6.61 Å². The lowest BCUT2D eigenvalue weighted by molar-refractivity contribution is -0.167. The molecule has 0 heterocycles. The van der Waals surface area contributed by atoms with Crippen molar-refractivity contribution in [2.24, 2.45) is 0 Å². The first-order valence-corrected chi connectivity index (χ1v) is 7.76. The minimum Gasteiger partial charge on any atom is -0.463 e. The second kappa shape index (κ2) is 9.43. The number of allylic oxidation sites excluding steroid dienone is 1. The fourth-order valence-corrected chi connectivity index (χ4v) is 1.83. The third kappa shape index (κ3) is 6.12. The molecule has 1 aromatic rings. The Balaban J connectivity index is 2.73. The second-order valence-electron chi connectivity index (χ2n) is 4.49. The van der Waals surface area contributed by atoms with Crippen molar-refractivity contribution in [1.82, 2.24) is 0 Å². The van der Waals surface area contributed by atoms with E-state index in [4.69, 9.17) is 37.4 Å². The number of esters is 2. The number of ether oxygens (including phenoxy) is 3. The zero-order valence-corrected chi connectivity index (χ0v) is 14.6. The second-order valence-corrected chi connectivity index (χ2v) is 5.32. The molecule has 0 aliphatic rings. The van der Waals surface area contributed by atoms with Gasteiger partial charge in [-0.05, 0) is 50.6 Å². The Labute approximate surface area is 145 Å². The molecule has 7 heteroatoms.